The second kappa shape index (κ2) is 5.50. The van der Waals surface area contributed by atoms with E-state index in [4.69, 9.17) is 11.6 Å². The molecular formula is C16H12ClN3O. The van der Waals surface area contributed by atoms with Crippen LogP contribution in [0, 0.1) is 0 Å². The maximum Gasteiger partial charge on any atom is 0.341 e. The fraction of sp³-hybridized carbons (Fsp3) is 0.0625. The molecule has 1 N–H and O–H groups in total. The molecule has 0 unspecified atom stereocenters. The molecule has 0 atom stereocenters. The van der Waals surface area contributed by atoms with E-state index in [0.717, 1.165) is 21.7 Å². The summed E-state index contributed by atoms with van der Waals surface area (Å²) in [6.07, 6.45) is 1.71. The third kappa shape index (κ3) is 2.58. The Labute approximate surface area is 126 Å². The molecule has 2 aromatic carbocycles. The first-order valence-electron chi connectivity index (χ1n) is 6.43. The highest BCUT2D eigenvalue weighted by molar-refractivity contribution is 6.31. The Morgan fingerprint density at radius 3 is 2.81 bits per heavy atom. The highest BCUT2D eigenvalue weighted by Gasteiger charge is 2.04. The summed E-state index contributed by atoms with van der Waals surface area (Å²) < 4.78 is 0. The molecule has 0 aliphatic carbocycles. The van der Waals surface area contributed by atoms with Gasteiger partial charge >= 0.3 is 6.03 Å². The van der Waals surface area contributed by atoms with Crippen LogP contribution in [-0.2, 0) is 0 Å². The minimum Gasteiger partial charge on any atom is -0.339 e. The van der Waals surface area contributed by atoms with Crippen LogP contribution in [-0.4, -0.2) is 18.1 Å². The van der Waals surface area contributed by atoms with Gasteiger partial charge in [0, 0.05) is 29.0 Å². The largest absolute Gasteiger partial charge is 0.341 e. The summed E-state index contributed by atoms with van der Waals surface area (Å²) in [4.78, 5) is 20.2. The fourth-order valence-electron chi connectivity index (χ4n) is 2.22. The zero-order chi connectivity index (χ0) is 14.8. The number of rotatable bonds is 0. The number of aromatic nitrogens is 1. The van der Waals surface area contributed by atoms with Crippen LogP contribution < -0.4 is 10.7 Å². The highest BCUT2D eigenvalue weighted by Crippen LogP contribution is 2.18. The van der Waals surface area contributed by atoms with Crippen LogP contribution in [0.2, 0.25) is 5.02 Å². The molecule has 0 saturated carbocycles. The van der Waals surface area contributed by atoms with Crippen LogP contribution >= 0.6 is 11.6 Å². The Kier molecular flexibility index (Phi) is 3.54. The van der Waals surface area contributed by atoms with Gasteiger partial charge < -0.3 is 5.32 Å². The van der Waals surface area contributed by atoms with Crippen molar-refractivity contribution in [2.75, 3.05) is 7.05 Å². The molecule has 2 amide bonds. The molecule has 0 saturated heterocycles. The lowest BCUT2D eigenvalue weighted by Gasteiger charge is -1.97. The molecule has 0 bridgehead atoms. The minimum atomic E-state index is -0.410. The number of halogens is 1. The number of nitrogens with one attached hydrogen (secondary N) is 1. The van der Waals surface area contributed by atoms with E-state index in [9.17, 15) is 4.79 Å². The van der Waals surface area contributed by atoms with Gasteiger partial charge in [-0.05, 0) is 35.7 Å². The third-order valence-corrected chi connectivity index (χ3v) is 3.45. The second-order valence-corrected chi connectivity index (χ2v) is 4.95. The summed E-state index contributed by atoms with van der Waals surface area (Å²) in [5.74, 6) is 0. The van der Waals surface area contributed by atoms with Gasteiger partial charge in [0.25, 0.3) is 0 Å². The van der Waals surface area contributed by atoms with Crippen LogP contribution in [0.3, 0.4) is 0 Å². The van der Waals surface area contributed by atoms with Gasteiger partial charge in [-0.2, -0.15) is 4.99 Å². The quantitative estimate of drug-likeness (QED) is 0.692. The Hall–Kier alpha value is -2.46. The van der Waals surface area contributed by atoms with Gasteiger partial charge in [-0.3, -0.25) is 4.98 Å². The SMILES string of the molecule is CNC(=O)/N=c1\c2cc(Cl)ccc2ccc2ncccc12. The Morgan fingerprint density at radius 1 is 1.19 bits per heavy atom. The summed E-state index contributed by atoms with van der Waals surface area (Å²) in [7, 11) is 1.55. The van der Waals surface area contributed by atoms with E-state index in [0.29, 0.717) is 10.4 Å². The maximum absolute atomic E-state index is 11.7. The first-order chi connectivity index (χ1) is 10.2. The van der Waals surface area contributed by atoms with Crippen molar-refractivity contribution in [3.63, 3.8) is 0 Å². The zero-order valence-corrected chi connectivity index (χ0v) is 12.1. The van der Waals surface area contributed by atoms with Crippen LogP contribution in [0.15, 0.2) is 53.7 Å². The monoisotopic (exact) mass is 297 g/mol. The van der Waals surface area contributed by atoms with Crippen molar-refractivity contribution in [1.82, 2.24) is 10.3 Å². The number of fused-ring (bicyclic) bond motifs is 2. The molecule has 104 valence electrons. The zero-order valence-electron chi connectivity index (χ0n) is 11.3. The van der Waals surface area contributed by atoms with Crippen molar-refractivity contribution in [3.8, 4) is 0 Å². The van der Waals surface area contributed by atoms with Crippen LogP contribution in [0.5, 0.6) is 0 Å². The number of urea groups is 1. The van der Waals surface area contributed by atoms with E-state index in [1.807, 2.05) is 42.5 Å². The molecule has 0 aliphatic heterocycles. The number of amides is 2. The topological polar surface area (TPSA) is 54.4 Å². The van der Waals surface area contributed by atoms with Gasteiger partial charge in [-0.15, -0.1) is 0 Å². The molecule has 0 radical (unpaired) electrons. The highest BCUT2D eigenvalue weighted by atomic mass is 35.5. The molecule has 21 heavy (non-hydrogen) atoms. The smallest absolute Gasteiger partial charge is 0.339 e. The summed E-state index contributed by atoms with van der Waals surface area (Å²) in [6, 6.07) is 12.7. The molecule has 1 heterocycles. The van der Waals surface area contributed by atoms with E-state index in [1.54, 1.807) is 13.2 Å². The third-order valence-electron chi connectivity index (χ3n) is 3.21. The number of pyridine rings is 1. The van der Waals surface area contributed by atoms with Crippen molar-refractivity contribution < 1.29 is 4.79 Å². The molecule has 3 aromatic rings. The Morgan fingerprint density at radius 2 is 2.00 bits per heavy atom. The van der Waals surface area contributed by atoms with Gasteiger partial charge in [0.05, 0.1) is 10.9 Å². The predicted molar refractivity (Wildman–Crippen MR) is 84.3 cm³/mol. The van der Waals surface area contributed by atoms with Gasteiger partial charge in [-0.25, -0.2) is 4.79 Å². The molecule has 5 heteroatoms. The van der Waals surface area contributed by atoms with Crippen LogP contribution in [0.25, 0.3) is 21.7 Å². The molecule has 3 rings (SSSR count). The second-order valence-electron chi connectivity index (χ2n) is 4.52. The van der Waals surface area contributed by atoms with Crippen LogP contribution in [0.1, 0.15) is 0 Å². The van der Waals surface area contributed by atoms with Crippen molar-refractivity contribution in [3.05, 3.63) is 59.0 Å². The summed E-state index contributed by atoms with van der Waals surface area (Å²) in [5, 5.41) is 6.24. The first-order valence-corrected chi connectivity index (χ1v) is 6.80. The lowest BCUT2D eigenvalue weighted by atomic mass is 10.1. The van der Waals surface area contributed by atoms with Crippen molar-refractivity contribution >= 4 is 39.3 Å². The van der Waals surface area contributed by atoms with E-state index in [2.05, 4.69) is 15.3 Å². The number of carbonyl (C=O) groups excluding carboxylic acids is 1. The molecule has 4 nitrogen and oxygen atoms in total. The van der Waals surface area contributed by atoms with Crippen molar-refractivity contribution in [2.24, 2.45) is 4.99 Å². The predicted octanol–water partition coefficient (Wildman–Crippen LogP) is 3.28. The van der Waals surface area contributed by atoms with Gasteiger partial charge in [0.1, 0.15) is 0 Å². The Bertz CT molecular complexity index is 922. The number of hydrogen-bond donors (Lipinski definition) is 1. The number of hydrogen-bond acceptors (Lipinski definition) is 2. The summed E-state index contributed by atoms with van der Waals surface area (Å²) >= 11 is 6.10. The maximum atomic E-state index is 11.7. The lowest BCUT2D eigenvalue weighted by molar-refractivity contribution is 0.250. The van der Waals surface area contributed by atoms with E-state index in [1.165, 1.54) is 0 Å². The van der Waals surface area contributed by atoms with Crippen molar-refractivity contribution in [2.45, 2.75) is 0 Å². The molecule has 0 fully saturated rings. The standard InChI is InChI=1S/C16H12ClN3O/c1-18-16(21)20-15-12-3-2-8-19-14(12)7-5-10-4-6-11(17)9-13(10)15/h2-9H,1H3,(H,18,21)/b20-15-. The fourth-order valence-corrected chi connectivity index (χ4v) is 2.39. The Balaban J connectivity index is 2.61. The van der Waals surface area contributed by atoms with Gasteiger partial charge in [-0.1, -0.05) is 23.7 Å². The number of benzene rings is 1. The average Bonchev–Trinajstić information content (AvgIpc) is 2.65. The molecule has 1 aromatic heterocycles. The number of nitrogens with zero attached hydrogens (tertiary/aromatic N) is 2. The van der Waals surface area contributed by atoms with Crippen LogP contribution in [0.4, 0.5) is 4.79 Å². The number of carbonyl (C=O) groups is 1. The van der Waals surface area contributed by atoms with Gasteiger partial charge in [0.15, 0.2) is 0 Å². The average molecular weight is 298 g/mol. The molecule has 0 spiro atoms. The summed E-state index contributed by atoms with van der Waals surface area (Å²) in [6.45, 7) is 0. The van der Waals surface area contributed by atoms with Gasteiger partial charge in [0.2, 0.25) is 0 Å². The first kappa shape index (κ1) is 13.5. The lowest BCUT2D eigenvalue weighted by Crippen LogP contribution is -2.17. The van der Waals surface area contributed by atoms with Crippen molar-refractivity contribution in [1.29, 1.82) is 0 Å². The van der Waals surface area contributed by atoms with E-state index in [-0.39, 0.29) is 0 Å². The minimum absolute atomic E-state index is 0.410. The van der Waals surface area contributed by atoms with E-state index < -0.39 is 6.03 Å². The molecule has 0 aliphatic rings. The van der Waals surface area contributed by atoms with E-state index >= 15 is 0 Å². The normalized spacial score (nSPS) is 11.8. The molecular weight excluding hydrogens is 286 g/mol. The summed E-state index contributed by atoms with van der Waals surface area (Å²) in [5.41, 5.74) is 0.771.